The largest absolute Gasteiger partial charge is 0.379 e. The summed E-state index contributed by atoms with van der Waals surface area (Å²) in [6, 6.07) is 20.8. The number of ether oxygens (including phenoxy) is 1. The normalized spacial score (nSPS) is 18.9. The van der Waals surface area contributed by atoms with Crippen LogP contribution < -0.4 is 10.6 Å². The van der Waals surface area contributed by atoms with Crippen molar-refractivity contribution in [2.45, 2.75) is 19.0 Å². The van der Waals surface area contributed by atoms with E-state index < -0.39 is 0 Å². The molecule has 2 saturated heterocycles. The summed E-state index contributed by atoms with van der Waals surface area (Å²) in [5.41, 5.74) is 2.52. The summed E-state index contributed by atoms with van der Waals surface area (Å²) >= 11 is 0. The maximum absolute atomic E-state index is 12.7. The fraction of sp³-hybridized carbons (Fsp3) is 0.519. The van der Waals surface area contributed by atoms with E-state index in [0.717, 1.165) is 84.1 Å². The second-order valence-electron chi connectivity index (χ2n) is 9.23. The molecule has 0 saturated carbocycles. The van der Waals surface area contributed by atoms with Gasteiger partial charge in [0.05, 0.1) is 19.3 Å². The highest BCUT2D eigenvalue weighted by molar-refractivity contribution is 5.74. The topological polar surface area (TPSA) is 60.1 Å². The number of rotatable bonds is 10. The third-order valence-corrected chi connectivity index (χ3v) is 6.70. The lowest BCUT2D eigenvalue weighted by Crippen LogP contribution is -2.47. The van der Waals surface area contributed by atoms with Crippen molar-refractivity contribution in [1.29, 1.82) is 0 Å². The molecular formula is C27H39N5O2. The van der Waals surface area contributed by atoms with Gasteiger partial charge < -0.3 is 20.3 Å². The van der Waals surface area contributed by atoms with E-state index in [1.165, 1.54) is 5.56 Å². The first kappa shape index (κ1) is 24.7. The number of nitrogens with zero attached hydrogens (tertiary/aromatic N) is 3. The standard InChI is InChI=1S/C27H39N5O2/c33-27(29-26(25-10-5-2-6-11-25)23-32-18-20-34-21-19-32)28-12-7-13-30-14-16-31(17-15-30)22-24-8-3-1-4-9-24/h1-6,8-11,26H,7,12-23H2,(H2,28,29,33). The minimum absolute atomic E-state index is 0.0306. The molecule has 184 valence electrons. The number of nitrogens with one attached hydrogen (secondary N) is 2. The molecule has 7 nitrogen and oxygen atoms in total. The molecule has 2 aliphatic heterocycles. The van der Waals surface area contributed by atoms with Gasteiger partial charge in [-0.3, -0.25) is 9.80 Å². The van der Waals surface area contributed by atoms with E-state index in [1.807, 2.05) is 18.2 Å². The van der Waals surface area contributed by atoms with Crippen LogP contribution in [0.5, 0.6) is 0 Å². The van der Waals surface area contributed by atoms with Crippen LogP contribution in [-0.4, -0.2) is 92.8 Å². The predicted molar refractivity (Wildman–Crippen MR) is 136 cm³/mol. The zero-order chi connectivity index (χ0) is 23.4. The van der Waals surface area contributed by atoms with Gasteiger partial charge in [-0.1, -0.05) is 60.7 Å². The van der Waals surface area contributed by atoms with Crippen LogP contribution in [0, 0.1) is 0 Å². The van der Waals surface area contributed by atoms with E-state index >= 15 is 0 Å². The summed E-state index contributed by atoms with van der Waals surface area (Å²) in [5.74, 6) is 0. The quantitative estimate of drug-likeness (QED) is 0.528. The Morgan fingerprint density at radius 1 is 0.824 bits per heavy atom. The van der Waals surface area contributed by atoms with Crippen LogP contribution in [0.25, 0.3) is 0 Å². The van der Waals surface area contributed by atoms with Gasteiger partial charge in [0.25, 0.3) is 0 Å². The SMILES string of the molecule is O=C(NCCCN1CCN(Cc2ccccc2)CC1)NC(CN1CCOCC1)c1ccccc1. The molecule has 1 atom stereocenters. The van der Waals surface area contributed by atoms with Crippen LogP contribution in [0.4, 0.5) is 4.79 Å². The van der Waals surface area contributed by atoms with Gasteiger partial charge in [0.1, 0.15) is 0 Å². The monoisotopic (exact) mass is 465 g/mol. The summed E-state index contributed by atoms with van der Waals surface area (Å²) in [4.78, 5) is 20.0. The van der Waals surface area contributed by atoms with E-state index in [0.29, 0.717) is 6.54 Å². The minimum Gasteiger partial charge on any atom is -0.379 e. The summed E-state index contributed by atoms with van der Waals surface area (Å²) in [6.45, 7) is 11.3. The van der Waals surface area contributed by atoms with E-state index in [2.05, 4.69) is 67.8 Å². The molecule has 2 heterocycles. The lowest BCUT2D eigenvalue weighted by molar-refractivity contribution is 0.0340. The number of amides is 2. The average molecular weight is 466 g/mol. The molecule has 0 aromatic heterocycles. The molecule has 0 radical (unpaired) electrons. The Kier molecular flexibility index (Phi) is 9.75. The van der Waals surface area contributed by atoms with Gasteiger partial charge in [0.2, 0.25) is 0 Å². The van der Waals surface area contributed by atoms with Crippen LogP contribution >= 0.6 is 0 Å². The molecule has 2 N–H and O–H groups in total. The maximum Gasteiger partial charge on any atom is 0.315 e. The van der Waals surface area contributed by atoms with Crippen molar-refractivity contribution in [2.75, 3.05) is 72.1 Å². The van der Waals surface area contributed by atoms with E-state index in [-0.39, 0.29) is 12.1 Å². The molecule has 0 bridgehead atoms. The number of hydrogen-bond donors (Lipinski definition) is 2. The number of carbonyl (C=O) groups is 1. The number of urea groups is 1. The summed E-state index contributed by atoms with van der Waals surface area (Å²) in [7, 11) is 0. The Labute approximate surface area is 204 Å². The van der Waals surface area contributed by atoms with Gasteiger partial charge in [-0.15, -0.1) is 0 Å². The summed E-state index contributed by atoms with van der Waals surface area (Å²) in [5, 5.41) is 6.27. The lowest BCUT2D eigenvalue weighted by Gasteiger charge is -2.34. The van der Waals surface area contributed by atoms with Crippen molar-refractivity contribution in [1.82, 2.24) is 25.3 Å². The Balaban J connectivity index is 1.14. The minimum atomic E-state index is -0.0882. The van der Waals surface area contributed by atoms with Gasteiger partial charge in [0, 0.05) is 58.9 Å². The van der Waals surface area contributed by atoms with Crippen molar-refractivity contribution >= 4 is 6.03 Å². The molecular weight excluding hydrogens is 426 g/mol. The van der Waals surface area contributed by atoms with Gasteiger partial charge >= 0.3 is 6.03 Å². The van der Waals surface area contributed by atoms with Crippen molar-refractivity contribution < 1.29 is 9.53 Å². The molecule has 4 rings (SSSR count). The fourth-order valence-corrected chi connectivity index (χ4v) is 4.69. The highest BCUT2D eigenvalue weighted by atomic mass is 16.5. The number of benzene rings is 2. The summed E-state index contributed by atoms with van der Waals surface area (Å²) in [6.07, 6.45) is 0.964. The first-order valence-corrected chi connectivity index (χ1v) is 12.6. The number of carbonyl (C=O) groups excluding carboxylic acids is 1. The van der Waals surface area contributed by atoms with Crippen molar-refractivity contribution in [3.8, 4) is 0 Å². The Hall–Kier alpha value is -2.45. The number of hydrogen-bond acceptors (Lipinski definition) is 5. The molecule has 2 aromatic rings. The smallest absolute Gasteiger partial charge is 0.315 e. The second kappa shape index (κ2) is 13.4. The highest BCUT2D eigenvalue weighted by Gasteiger charge is 2.20. The van der Waals surface area contributed by atoms with Crippen LogP contribution in [-0.2, 0) is 11.3 Å². The van der Waals surface area contributed by atoms with Gasteiger partial charge in [-0.05, 0) is 24.1 Å². The molecule has 7 heteroatoms. The van der Waals surface area contributed by atoms with Crippen LogP contribution in [0.15, 0.2) is 60.7 Å². The van der Waals surface area contributed by atoms with Crippen molar-refractivity contribution in [3.63, 3.8) is 0 Å². The van der Waals surface area contributed by atoms with Crippen LogP contribution in [0.1, 0.15) is 23.6 Å². The zero-order valence-electron chi connectivity index (χ0n) is 20.2. The Bertz CT molecular complexity index is 837. The highest BCUT2D eigenvalue weighted by Crippen LogP contribution is 2.15. The zero-order valence-corrected chi connectivity index (χ0v) is 20.2. The molecule has 1 unspecified atom stereocenters. The maximum atomic E-state index is 12.7. The van der Waals surface area contributed by atoms with Gasteiger partial charge in [-0.2, -0.15) is 0 Å². The second-order valence-corrected chi connectivity index (χ2v) is 9.23. The van der Waals surface area contributed by atoms with Crippen molar-refractivity contribution in [3.05, 3.63) is 71.8 Å². The fourth-order valence-electron chi connectivity index (χ4n) is 4.69. The number of piperazine rings is 1. The molecule has 34 heavy (non-hydrogen) atoms. The lowest BCUT2D eigenvalue weighted by atomic mass is 10.1. The van der Waals surface area contributed by atoms with E-state index in [9.17, 15) is 4.79 Å². The van der Waals surface area contributed by atoms with E-state index in [1.54, 1.807) is 0 Å². The predicted octanol–water partition coefficient (Wildman–Crippen LogP) is 2.57. The van der Waals surface area contributed by atoms with Gasteiger partial charge in [0.15, 0.2) is 0 Å². The van der Waals surface area contributed by atoms with Crippen molar-refractivity contribution in [2.24, 2.45) is 0 Å². The van der Waals surface area contributed by atoms with Crippen LogP contribution in [0.2, 0.25) is 0 Å². The Morgan fingerprint density at radius 3 is 2.18 bits per heavy atom. The Morgan fingerprint density at radius 2 is 1.47 bits per heavy atom. The molecule has 2 aliphatic rings. The molecule has 2 aromatic carbocycles. The molecule has 2 amide bonds. The first-order valence-electron chi connectivity index (χ1n) is 12.6. The third kappa shape index (κ3) is 8.09. The molecule has 2 fully saturated rings. The van der Waals surface area contributed by atoms with Gasteiger partial charge in [-0.25, -0.2) is 4.79 Å². The molecule has 0 spiro atoms. The van der Waals surface area contributed by atoms with E-state index in [4.69, 9.17) is 4.74 Å². The summed E-state index contributed by atoms with van der Waals surface area (Å²) < 4.78 is 5.47. The first-order chi connectivity index (χ1) is 16.8. The third-order valence-electron chi connectivity index (χ3n) is 6.70. The van der Waals surface area contributed by atoms with Crippen LogP contribution in [0.3, 0.4) is 0 Å². The average Bonchev–Trinajstić information content (AvgIpc) is 2.89. The number of morpholine rings is 1. The molecule has 0 aliphatic carbocycles.